The number of carbonyl (C=O) groups is 3. The lowest BCUT2D eigenvalue weighted by Crippen LogP contribution is -2.54. The SMILES string of the molecule is NC(=O)Nc1sc(-c2ccc(C=CCN[C@](C(=O)O)(c3ccccc3)C3CCCC3)cc2)cc1C(N)=O. The van der Waals surface area contributed by atoms with E-state index in [-0.39, 0.29) is 11.5 Å². The highest BCUT2D eigenvalue weighted by molar-refractivity contribution is 7.20. The summed E-state index contributed by atoms with van der Waals surface area (Å²) in [4.78, 5) is 36.3. The highest BCUT2D eigenvalue weighted by Gasteiger charge is 2.47. The second-order valence-electron chi connectivity index (χ2n) is 9.07. The van der Waals surface area contributed by atoms with E-state index in [0.29, 0.717) is 11.5 Å². The van der Waals surface area contributed by atoms with Crippen LogP contribution < -0.4 is 22.1 Å². The van der Waals surface area contributed by atoms with Gasteiger partial charge in [-0.05, 0) is 41.5 Å². The van der Waals surface area contributed by atoms with Crippen LogP contribution in [0.25, 0.3) is 16.5 Å². The van der Waals surface area contributed by atoms with Crippen LogP contribution in [-0.4, -0.2) is 29.6 Å². The normalized spacial score (nSPS) is 15.5. The molecule has 0 bridgehead atoms. The lowest BCUT2D eigenvalue weighted by atomic mass is 9.76. The molecule has 1 saturated carbocycles. The highest BCUT2D eigenvalue weighted by Crippen LogP contribution is 2.41. The summed E-state index contributed by atoms with van der Waals surface area (Å²) >= 11 is 1.22. The fraction of sp³-hybridized carbons (Fsp3) is 0.250. The van der Waals surface area contributed by atoms with Gasteiger partial charge in [0.15, 0.2) is 0 Å². The summed E-state index contributed by atoms with van der Waals surface area (Å²) < 4.78 is 0. The Morgan fingerprint density at radius 3 is 2.30 bits per heavy atom. The molecule has 3 amide bonds. The van der Waals surface area contributed by atoms with E-state index in [2.05, 4.69) is 10.6 Å². The van der Waals surface area contributed by atoms with E-state index in [1.165, 1.54) is 11.3 Å². The number of hydrogen-bond donors (Lipinski definition) is 5. The molecule has 0 saturated heterocycles. The molecule has 4 rings (SSSR count). The summed E-state index contributed by atoms with van der Waals surface area (Å²) in [6.45, 7) is 0.397. The van der Waals surface area contributed by atoms with Crippen LogP contribution in [0.5, 0.6) is 0 Å². The van der Waals surface area contributed by atoms with Crippen molar-refractivity contribution < 1.29 is 19.5 Å². The van der Waals surface area contributed by atoms with Crippen LogP contribution in [0.15, 0.2) is 66.7 Å². The molecule has 1 aromatic heterocycles. The molecule has 9 heteroatoms. The fourth-order valence-electron chi connectivity index (χ4n) is 5.01. The Hall–Kier alpha value is -3.95. The molecule has 8 nitrogen and oxygen atoms in total. The van der Waals surface area contributed by atoms with Gasteiger partial charge in [0, 0.05) is 11.4 Å². The van der Waals surface area contributed by atoms with Crippen molar-refractivity contribution in [2.75, 3.05) is 11.9 Å². The topological polar surface area (TPSA) is 148 Å². The van der Waals surface area contributed by atoms with Gasteiger partial charge in [-0.3, -0.25) is 15.4 Å². The number of carboxylic acids is 1. The van der Waals surface area contributed by atoms with Gasteiger partial charge in [0.25, 0.3) is 5.91 Å². The van der Waals surface area contributed by atoms with Crippen molar-refractivity contribution in [1.29, 1.82) is 0 Å². The molecule has 1 atom stereocenters. The molecule has 0 unspecified atom stereocenters. The first-order valence-electron chi connectivity index (χ1n) is 12.1. The minimum atomic E-state index is -1.13. The lowest BCUT2D eigenvalue weighted by Gasteiger charge is -2.36. The smallest absolute Gasteiger partial charge is 0.328 e. The Labute approximate surface area is 219 Å². The van der Waals surface area contributed by atoms with Crippen LogP contribution >= 0.6 is 11.3 Å². The number of carbonyl (C=O) groups excluding carboxylic acids is 2. The first-order valence-corrected chi connectivity index (χ1v) is 12.9. The van der Waals surface area contributed by atoms with Gasteiger partial charge in [-0.1, -0.05) is 79.6 Å². The molecule has 1 heterocycles. The minimum absolute atomic E-state index is 0.0325. The predicted octanol–water partition coefficient (Wildman–Crippen LogP) is 4.78. The maximum Gasteiger partial charge on any atom is 0.328 e. The van der Waals surface area contributed by atoms with Gasteiger partial charge in [-0.25, -0.2) is 9.59 Å². The third kappa shape index (κ3) is 5.73. The number of carboxylic acid groups (broad SMARTS) is 1. The number of thiophene rings is 1. The lowest BCUT2D eigenvalue weighted by molar-refractivity contribution is -0.148. The molecule has 1 aliphatic rings. The van der Waals surface area contributed by atoms with E-state index < -0.39 is 23.4 Å². The number of amides is 3. The number of hydrogen-bond acceptors (Lipinski definition) is 5. The largest absolute Gasteiger partial charge is 0.480 e. The van der Waals surface area contributed by atoms with Crippen molar-refractivity contribution in [2.24, 2.45) is 17.4 Å². The highest BCUT2D eigenvalue weighted by atomic mass is 32.1. The van der Waals surface area contributed by atoms with Crippen molar-refractivity contribution in [2.45, 2.75) is 31.2 Å². The van der Waals surface area contributed by atoms with Crippen LogP contribution in [-0.2, 0) is 10.3 Å². The molecule has 1 aliphatic carbocycles. The van der Waals surface area contributed by atoms with E-state index in [9.17, 15) is 19.5 Å². The quantitative estimate of drug-likeness (QED) is 0.262. The van der Waals surface area contributed by atoms with Crippen molar-refractivity contribution in [3.63, 3.8) is 0 Å². The molecular formula is C28H30N4O4S. The number of anilines is 1. The Bertz CT molecular complexity index is 1300. The maximum absolute atomic E-state index is 12.6. The Balaban J connectivity index is 1.48. The Morgan fingerprint density at radius 2 is 1.70 bits per heavy atom. The third-order valence-corrected chi connectivity index (χ3v) is 7.87. The molecule has 192 valence electrons. The van der Waals surface area contributed by atoms with Gasteiger partial charge in [-0.2, -0.15) is 0 Å². The van der Waals surface area contributed by atoms with E-state index in [1.54, 1.807) is 6.07 Å². The van der Waals surface area contributed by atoms with Gasteiger partial charge in [0.2, 0.25) is 0 Å². The zero-order chi connectivity index (χ0) is 26.4. The first kappa shape index (κ1) is 26.1. The second kappa shape index (κ2) is 11.4. The Morgan fingerprint density at radius 1 is 1.03 bits per heavy atom. The monoisotopic (exact) mass is 518 g/mol. The molecule has 37 heavy (non-hydrogen) atoms. The van der Waals surface area contributed by atoms with Crippen LogP contribution in [0.2, 0.25) is 0 Å². The van der Waals surface area contributed by atoms with E-state index in [0.717, 1.165) is 47.3 Å². The summed E-state index contributed by atoms with van der Waals surface area (Å²) in [5.41, 5.74) is 12.3. The number of nitrogens with two attached hydrogens (primary N) is 2. The van der Waals surface area contributed by atoms with Gasteiger partial charge >= 0.3 is 12.0 Å². The molecule has 2 aromatic carbocycles. The van der Waals surface area contributed by atoms with Gasteiger partial charge in [0.05, 0.1) is 5.56 Å². The number of benzene rings is 2. The van der Waals surface area contributed by atoms with Gasteiger partial charge in [0.1, 0.15) is 10.5 Å². The summed E-state index contributed by atoms with van der Waals surface area (Å²) in [7, 11) is 0. The standard InChI is InChI=1S/C28H30N4O4S/c29-24(33)22-17-23(37-25(22)32-27(30)36)19-14-12-18(13-15-19)7-6-16-31-28(26(34)35,21-10-4-5-11-21)20-8-2-1-3-9-20/h1-3,6-9,12-15,17,21,31H,4-5,10-11,16H2,(H2,29,33)(H,34,35)(H3,30,32,36)/t28-/m1/s1. The second-order valence-corrected chi connectivity index (χ2v) is 10.1. The van der Waals surface area contributed by atoms with E-state index in [1.807, 2.05) is 66.7 Å². The van der Waals surface area contributed by atoms with Crippen molar-refractivity contribution in [1.82, 2.24) is 5.32 Å². The minimum Gasteiger partial charge on any atom is -0.480 e. The molecule has 0 spiro atoms. The first-order chi connectivity index (χ1) is 17.8. The van der Waals surface area contributed by atoms with Crippen LogP contribution in [0.3, 0.4) is 0 Å². The number of rotatable bonds is 10. The van der Waals surface area contributed by atoms with Crippen molar-refractivity contribution in [3.8, 4) is 10.4 Å². The van der Waals surface area contributed by atoms with Crippen molar-refractivity contribution in [3.05, 3.63) is 83.4 Å². The summed E-state index contributed by atoms with van der Waals surface area (Å²) in [6.07, 6.45) is 7.72. The average molecular weight is 519 g/mol. The Kier molecular flexibility index (Phi) is 8.05. The average Bonchev–Trinajstić information content (AvgIpc) is 3.56. The van der Waals surface area contributed by atoms with Crippen molar-refractivity contribution >= 4 is 40.3 Å². The molecule has 7 N–H and O–H groups in total. The van der Waals surface area contributed by atoms with Crippen LogP contribution in [0.4, 0.5) is 9.80 Å². The number of urea groups is 1. The van der Waals surface area contributed by atoms with Crippen LogP contribution in [0.1, 0.15) is 47.2 Å². The molecule has 3 aromatic rings. The van der Waals surface area contributed by atoms with Gasteiger partial charge in [-0.15, -0.1) is 11.3 Å². The maximum atomic E-state index is 12.6. The zero-order valence-corrected chi connectivity index (χ0v) is 21.1. The molecule has 0 radical (unpaired) electrons. The van der Waals surface area contributed by atoms with Gasteiger partial charge < -0.3 is 16.6 Å². The fourth-order valence-corrected chi connectivity index (χ4v) is 6.08. The summed E-state index contributed by atoms with van der Waals surface area (Å²) in [6, 6.07) is 18.0. The number of primary amides is 2. The summed E-state index contributed by atoms with van der Waals surface area (Å²) in [5, 5.41) is 16.5. The van der Waals surface area contributed by atoms with Crippen LogP contribution in [0, 0.1) is 5.92 Å². The predicted molar refractivity (Wildman–Crippen MR) is 146 cm³/mol. The molecule has 0 aliphatic heterocycles. The zero-order valence-electron chi connectivity index (χ0n) is 20.3. The van der Waals surface area contributed by atoms with E-state index in [4.69, 9.17) is 11.5 Å². The summed E-state index contributed by atoms with van der Waals surface area (Å²) in [5.74, 6) is -1.46. The number of aliphatic carboxylic acids is 1. The molecule has 1 fully saturated rings. The van der Waals surface area contributed by atoms with E-state index >= 15 is 0 Å². The third-order valence-electron chi connectivity index (χ3n) is 6.77. The molecular weight excluding hydrogens is 488 g/mol. The number of nitrogens with one attached hydrogen (secondary N) is 2.